The molecule has 7 heteroatoms. The Kier molecular flexibility index (Phi) is 7.46. The standard InChI is InChI=1S/C24H28ClN3O3/c1-4-5-10-21-27-15-20(28(21)16-18-8-6-7-9-19(18)25)24(2,30)22(23(29)31-3)17-11-13-26-14-12-17/h6-9,11-15,22,30H,4-5,10,16H2,1-3H3. The molecule has 0 fully saturated rings. The minimum absolute atomic E-state index is 0.439. The van der Waals surface area contributed by atoms with Crippen LogP contribution in [-0.2, 0) is 28.1 Å². The number of rotatable bonds is 9. The number of methoxy groups -OCH3 is 1. The van der Waals surface area contributed by atoms with Crippen LogP contribution < -0.4 is 0 Å². The van der Waals surface area contributed by atoms with Crippen molar-refractivity contribution in [3.05, 3.63) is 82.7 Å². The molecule has 0 aliphatic carbocycles. The Labute approximate surface area is 187 Å². The van der Waals surface area contributed by atoms with Crippen molar-refractivity contribution in [2.45, 2.75) is 51.2 Å². The summed E-state index contributed by atoms with van der Waals surface area (Å²) in [6, 6.07) is 11.0. The number of aryl methyl sites for hydroxylation is 1. The molecule has 3 aromatic rings. The summed E-state index contributed by atoms with van der Waals surface area (Å²) in [5.74, 6) is -0.631. The molecule has 6 nitrogen and oxygen atoms in total. The van der Waals surface area contributed by atoms with Gasteiger partial charge in [0.2, 0.25) is 0 Å². The first-order valence-electron chi connectivity index (χ1n) is 10.4. The Morgan fingerprint density at radius 2 is 1.97 bits per heavy atom. The molecule has 0 saturated heterocycles. The number of carbonyl (C=O) groups is 1. The third-order valence-electron chi connectivity index (χ3n) is 5.54. The van der Waals surface area contributed by atoms with E-state index in [2.05, 4.69) is 16.9 Å². The lowest BCUT2D eigenvalue weighted by molar-refractivity contribution is -0.149. The number of unbranched alkanes of at least 4 members (excludes halogenated alkanes) is 1. The van der Waals surface area contributed by atoms with Gasteiger partial charge in [0, 0.05) is 23.8 Å². The van der Waals surface area contributed by atoms with Crippen molar-refractivity contribution in [1.29, 1.82) is 0 Å². The van der Waals surface area contributed by atoms with Gasteiger partial charge < -0.3 is 14.4 Å². The van der Waals surface area contributed by atoms with E-state index in [9.17, 15) is 9.90 Å². The van der Waals surface area contributed by atoms with Crippen LogP contribution in [0, 0.1) is 0 Å². The van der Waals surface area contributed by atoms with E-state index in [1.54, 1.807) is 37.6 Å². The summed E-state index contributed by atoms with van der Waals surface area (Å²) < 4.78 is 7.02. The lowest BCUT2D eigenvalue weighted by Gasteiger charge is -2.32. The summed E-state index contributed by atoms with van der Waals surface area (Å²) in [4.78, 5) is 21.4. The summed E-state index contributed by atoms with van der Waals surface area (Å²) in [5, 5.41) is 12.4. The second-order valence-electron chi connectivity index (χ2n) is 7.73. The van der Waals surface area contributed by atoms with Gasteiger partial charge in [0.25, 0.3) is 0 Å². The van der Waals surface area contributed by atoms with E-state index in [4.69, 9.17) is 16.3 Å². The van der Waals surface area contributed by atoms with Crippen LogP contribution in [0.15, 0.2) is 55.0 Å². The van der Waals surface area contributed by atoms with Crippen LogP contribution >= 0.6 is 11.6 Å². The number of benzene rings is 1. The quantitative estimate of drug-likeness (QED) is 0.495. The second kappa shape index (κ2) is 10.1. The maximum atomic E-state index is 12.8. The fourth-order valence-corrected chi connectivity index (χ4v) is 4.03. The monoisotopic (exact) mass is 441 g/mol. The zero-order chi connectivity index (χ0) is 22.4. The summed E-state index contributed by atoms with van der Waals surface area (Å²) in [7, 11) is 1.32. The van der Waals surface area contributed by atoms with Gasteiger partial charge in [-0.05, 0) is 42.7 Å². The van der Waals surface area contributed by atoms with Crippen molar-refractivity contribution in [2.24, 2.45) is 0 Å². The predicted octanol–water partition coefficient (Wildman–Crippen LogP) is 4.49. The molecule has 2 aromatic heterocycles. The summed E-state index contributed by atoms with van der Waals surface area (Å²) in [5.41, 5.74) is 0.487. The Hall–Kier alpha value is -2.70. The first kappa shape index (κ1) is 23.0. The van der Waals surface area contributed by atoms with Crippen LogP contribution in [0.2, 0.25) is 5.02 Å². The molecule has 0 aliphatic heterocycles. The van der Waals surface area contributed by atoms with Crippen molar-refractivity contribution in [3.8, 4) is 0 Å². The molecule has 1 N–H and O–H groups in total. The van der Waals surface area contributed by atoms with Gasteiger partial charge in [-0.1, -0.05) is 43.1 Å². The van der Waals surface area contributed by atoms with Gasteiger partial charge >= 0.3 is 5.97 Å². The maximum absolute atomic E-state index is 12.8. The summed E-state index contributed by atoms with van der Waals surface area (Å²) >= 11 is 6.42. The number of pyridine rings is 1. The van der Waals surface area contributed by atoms with Gasteiger partial charge in [-0.25, -0.2) is 4.98 Å². The van der Waals surface area contributed by atoms with Crippen LogP contribution in [0.3, 0.4) is 0 Å². The minimum atomic E-state index is -1.58. The van der Waals surface area contributed by atoms with Gasteiger partial charge in [-0.2, -0.15) is 0 Å². The van der Waals surface area contributed by atoms with Gasteiger partial charge in [0.05, 0.1) is 25.5 Å². The minimum Gasteiger partial charge on any atom is -0.468 e. The lowest BCUT2D eigenvalue weighted by atomic mass is 9.81. The van der Waals surface area contributed by atoms with Gasteiger partial charge in [-0.15, -0.1) is 0 Å². The van der Waals surface area contributed by atoms with E-state index in [0.29, 0.717) is 22.8 Å². The third-order valence-corrected chi connectivity index (χ3v) is 5.90. The number of aliphatic hydroxyl groups is 1. The van der Waals surface area contributed by atoms with Crippen molar-refractivity contribution in [3.63, 3.8) is 0 Å². The average molecular weight is 442 g/mol. The molecule has 0 radical (unpaired) electrons. The van der Waals surface area contributed by atoms with E-state index < -0.39 is 17.5 Å². The fraction of sp³-hybridized carbons (Fsp3) is 0.375. The van der Waals surface area contributed by atoms with Crippen LogP contribution in [0.5, 0.6) is 0 Å². The number of ether oxygens (including phenoxy) is 1. The normalized spacial score (nSPS) is 14.1. The van der Waals surface area contributed by atoms with Gasteiger partial charge in [-0.3, -0.25) is 9.78 Å². The van der Waals surface area contributed by atoms with Crippen molar-refractivity contribution >= 4 is 17.6 Å². The average Bonchev–Trinajstić information content (AvgIpc) is 3.17. The van der Waals surface area contributed by atoms with Crippen LogP contribution in [0.25, 0.3) is 0 Å². The third kappa shape index (κ3) is 4.97. The second-order valence-corrected chi connectivity index (χ2v) is 8.13. The maximum Gasteiger partial charge on any atom is 0.316 e. The highest BCUT2D eigenvalue weighted by Crippen LogP contribution is 2.38. The van der Waals surface area contributed by atoms with Crippen molar-refractivity contribution in [1.82, 2.24) is 14.5 Å². The SMILES string of the molecule is CCCCc1ncc(C(C)(O)C(C(=O)OC)c2ccncc2)n1Cc1ccccc1Cl. The smallest absolute Gasteiger partial charge is 0.316 e. The molecule has 0 bridgehead atoms. The number of esters is 1. The number of imidazole rings is 1. The molecule has 164 valence electrons. The summed E-state index contributed by atoms with van der Waals surface area (Å²) in [6.45, 7) is 4.18. The number of hydrogen-bond acceptors (Lipinski definition) is 5. The van der Waals surface area contributed by atoms with Gasteiger partial charge in [0.15, 0.2) is 0 Å². The van der Waals surface area contributed by atoms with Crippen LogP contribution in [0.4, 0.5) is 0 Å². The number of aromatic nitrogens is 3. The molecule has 0 aliphatic rings. The van der Waals surface area contributed by atoms with Crippen molar-refractivity contribution in [2.75, 3.05) is 7.11 Å². The molecular formula is C24H28ClN3O3. The van der Waals surface area contributed by atoms with Crippen LogP contribution in [-0.4, -0.2) is 32.7 Å². The predicted molar refractivity (Wildman–Crippen MR) is 120 cm³/mol. The Morgan fingerprint density at radius 3 is 2.61 bits per heavy atom. The van der Waals surface area contributed by atoms with E-state index in [1.807, 2.05) is 28.8 Å². The molecule has 2 atom stereocenters. The molecule has 0 amide bonds. The summed E-state index contributed by atoms with van der Waals surface area (Å²) in [6.07, 6.45) is 7.58. The van der Waals surface area contributed by atoms with E-state index in [1.165, 1.54) is 7.11 Å². The molecule has 1 aromatic carbocycles. The largest absolute Gasteiger partial charge is 0.468 e. The number of carbonyl (C=O) groups excluding carboxylic acids is 1. The highest BCUT2D eigenvalue weighted by Gasteiger charge is 2.43. The number of nitrogens with zero attached hydrogens (tertiary/aromatic N) is 3. The molecule has 31 heavy (non-hydrogen) atoms. The number of hydrogen-bond donors (Lipinski definition) is 1. The molecule has 2 unspecified atom stereocenters. The highest BCUT2D eigenvalue weighted by atomic mass is 35.5. The first-order chi connectivity index (χ1) is 14.9. The first-order valence-corrected chi connectivity index (χ1v) is 10.8. The van der Waals surface area contributed by atoms with E-state index in [0.717, 1.165) is 30.7 Å². The molecule has 3 rings (SSSR count). The Morgan fingerprint density at radius 1 is 1.26 bits per heavy atom. The number of halogens is 1. The highest BCUT2D eigenvalue weighted by molar-refractivity contribution is 6.31. The zero-order valence-electron chi connectivity index (χ0n) is 18.1. The molecule has 0 spiro atoms. The van der Waals surface area contributed by atoms with E-state index >= 15 is 0 Å². The molecule has 0 saturated carbocycles. The Bertz CT molecular complexity index is 1020. The van der Waals surface area contributed by atoms with Crippen LogP contribution in [0.1, 0.15) is 55.3 Å². The topological polar surface area (TPSA) is 77.2 Å². The van der Waals surface area contributed by atoms with E-state index in [-0.39, 0.29) is 0 Å². The molecule has 2 heterocycles. The van der Waals surface area contributed by atoms with Crippen molar-refractivity contribution < 1.29 is 14.6 Å². The molecular weight excluding hydrogens is 414 g/mol. The lowest BCUT2D eigenvalue weighted by Crippen LogP contribution is -2.38. The Balaban J connectivity index is 2.11. The fourth-order valence-electron chi connectivity index (χ4n) is 3.84. The zero-order valence-corrected chi connectivity index (χ0v) is 18.8. The van der Waals surface area contributed by atoms with Gasteiger partial charge in [0.1, 0.15) is 17.3 Å².